The molecular weight excluding hydrogens is 434 g/mol. The van der Waals surface area contributed by atoms with Gasteiger partial charge in [0.15, 0.2) is 11.0 Å². The van der Waals surface area contributed by atoms with Crippen LogP contribution in [-0.4, -0.2) is 38.4 Å². The smallest absolute Gasteiger partial charge is 0.251 e. The zero-order chi connectivity index (χ0) is 22.2. The minimum atomic E-state index is -0.222. The van der Waals surface area contributed by atoms with Crippen LogP contribution in [0.15, 0.2) is 42.1 Å². The van der Waals surface area contributed by atoms with Gasteiger partial charge in [-0.1, -0.05) is 49.2 Å². The van der Waals surface area contributed by atoms with Crippen LogP contribution in [-0.2, 0) is 17.9 Å². The van der Waals surface area contributed by atoms with Gasteiger partial charge < -0.3 is 15.2 Å². The first kappa shape index (κ1) is 23.3. The van der Waals surface area contributed by atoms with Gasteiger partial charge in [-0.2, -0.15) is 0 Å². The summed E-state index contributed by atoms with van der Waals surface area (Å²) in [5.74, 6) is 1.18. The molecule has 0 unspecified atom stereocenters. The van der Waals surface area contributed by atoms with Gasteiger partial charge in [0.25, 0.3) is 5.91 Å². The fourth-order valence-electron chi connectivity index (χ4n) is 3.64. The SMILES string of the molecule is C=CCn1c(CNC(=O)c2ccc(Cl)cc2)nnc1SCC(=O)N[C@@H]1CCCC[C@@H]1C. The van der Waals surface area contributed by atoms with E-state index in [0.29, 0.717) is 34.0 Å². The largest absolute Gasteiger partial charge is 0.352 e. The van der Waals surface area contributed by atoms with Crippen molar-refractivity contribution >= 4 is 35.2 Å². The van der Waals surface area contributed by atoms with Crippen LogP contribution in [0.5, 0.6) is 0 Å². The molecule has 2 atom stereocenters. The maximum absolute atomic E-state index is 12.4. The number of nitrogens with zero attached hydrogens (tertiary/aromatic N) is 3. The average Bonchev–Trinajstić information content (AvgIpc) is 3.14. The van der Waals surface area contributed by atoms with Crippen molar-refractivity contribution < 1.29 is 9.59 Å². The highest BCUT2D eigenvalue weighted by Crippen LogP contribution is 2.24. The molecule has 2 aromatic rings. The van der Waals surface area contributed by atoms with Gasteiger partial charge >= 0.3 is 0 Å². The lowest BCUT2D eigenvalue weighted by Gasteiger charge is -2.29. The summed E-state index contributed by atoms with van der Waals surface area (Å²) in [6.45, 7) is 6.69. The van der Waals surface area contributed by atoms with Gasteiger partial charge in [0.05, 0.1) is 12.3 Å². The van der Waals surface area contributed by atoms with Crippen molar-refractivity contribution in [1.82, 2.24) is 25.4 Å². The maximum Gasteiger partial charge on any atom is 0.251 e. The Morgan fingerprint density at radius 2 is 2.00 bits per heavy atom. The second-order valence-electron chi connectivity index (χ2n) is 7.71. The van der Waals surface area contributed by atoms with Gasteiger partial charge in [0, 0.05) is 23.2 Å². The minimum Gasteiger partial charge on any atom is -0.352 e. The molecule has 7 nitrogen and oxygen atoms in total. The lowest BCUT2D eigenvalue weighted by molar-refractivity contribution is -0.119. The molecule has 1 aliphatic rings. The normalized spacial score (nSPS) is 18.4. The fourth-order valence-corrected chi connectivity index (χ4v) is 4.54. The van der Waals surface area contributed by atoms with Crippen molar-refractivity contribution in [3.05, 3.63) is 53.3 Å². The van der Waals surface area contributed by atoms with Crippen molar-refractivity contribution in [2.24, 2.45) is 5.92 Å². The molecule has 1 aromatic carbocycles. The molecule has 2 amide bonds. The van der Waals surface area contributed by atoms with Crippen molar-refractivity contribution in [2.75, 3.05) is 5.75 Å². The van der Waals surface area contributed by atoms with E-state index < -0.39 is 0 Å². The van der Waals surface area contributed by atoms with Crippen LogP contribution in [0.1, 0.15) is 48.8 Å². The third-order valence-electron chi connectivity index (χ3n) is 5.41. The Balaban J connectivity index is 1.56. The Bertz CT molecular complexity index is 915. The van der Waals surface area contributed by atoms with Gasteiger partial charge in [-0.25, -0.2) is 0 Å². The summed E-state index contributed by atoms with van der Waals surface area (Å²) in [4.78, 5) is 24.8. The van der Waals surface area contributed by atoms with Crippen LogP contribution < -0.4 is 10.6 Å². The van der Waals surface area contributed by atoms with E-state index in [9.17, 15) is 9.59 Å². The molecule has 1 aliphatic carbocycles. The molecule has 1 fully saturated rings. The first-order valence-electron chi connectivity index (χ1n) is 10.5. The molecule has 1 aromatic heterocycles. The summed E-state index contributed by atoms with van der Waals surface area (Å²) in [5, 5.41) is 15.6. The maximum atomic E-state index is 12.4. The molecule has 0 radical (unpaired) electrons. The number of thioether (sulfide) groups is 1. The number of carbonyl (C=O) groups excluding carboxylic acids is 2. The van der Waals surface area contributed by atoms with E-state index >= 15 is 0 Å². The van der Waals surface area contributed by atoms with Crippen molar-refractivity contribution in [2.45, 2.75) is 56.9 Å². The van der Waals surface area contributed by atoms with Crippen LogP contribution in [0, 0.1) is 5.92 Å². The van der Waals surface area contributed by atoms with Crippen LogP contribution in [0.2, 0.25) is 5.02 Å². The Morgan fingerprint density at radius 3 is 2.71 bits per heavy atom. The highest BCUT2D eigenvalue weighted by atomic mass is 35.5. The number of benzene rings is 1. The summed E-state index contributed by atoms with van der Waals surface area (Å²) in [6.07, 6.45) is 6.35. The second kappa shape index (κ2) is 11.3. The predicted molar refractivity (Wildman–Crippen MR) is 123 cm³/mol. The van der Waals surface area contributed by atoms with Gasteiger partial charge in [-0.05, 0) is 43.0 Å². The average molecular weight is 462 g/mol. The first-order chi connectivity index (χ1) is 15.0. The van der Waals surface area contributed by atoms with E-state index in [0.717, 1.165) is 12.8 Å². The summed E-state index contributed by atoms with van der Waals surface area (Å²) in [5.41, 5.74) is 0.516. The summed E-state index contributed by atoms with van der Waals surface area (Å²) in [7, 11) is 0. The molecule has 3 rings (SSSR count). The Kier molecular flexibility index (Phi) is 8.54. The van der Waals surface area contributed by atoms with Crippen LogP contribution in [0.3, 0.4) is 0 Å². The zero-order valence-corrected chi connectivity index (χ0v) is 19.2. The predicted octanol–water partition coefficient (Wildman–Crippen LogP) is 3.83. The van der Waals surface area contributed by atoms with Crippen LogP contribution in [0.4, 0.5) is 0 Å². The monoisotopic (exact) mass is 461 g/mol. The Hall–Kier alpha value is -2.32. The number of hydrogen-bond donors (Lipinski definition) is 2. The molecule has 0 saturated heterocycles. The number of hydrogen-bond acceptors (Lipinski definition) is 5. The van der Waals surface area contributed by atoms with Crippen molar-refractivity contribution in [1.29, 1.82) is 0 Å². The molecule has 1 saturated carbocycles. The Morgan fingerprint density at radius 1 is 1.26 bits per heavy atom. The van der Waals surface area contributed by atoms with E-state index in [1.807, 2.05) is 4.57 Å². The number of carbonyl (C=O) groups is 2. The summed E-state index contributed by atoms with van der Waals surface area (Å²) >= 11 is 7.21. The molecule has 0 aliphatic heterocycles. The molecule has 0 spiro atoms. The van der Waals surface area contributed by atoms with Gasteiger partial charge in [-0.15, -0.1) is 16.8 Å². The summed E-state index contributed by atoms with van der Waals surface area (Å²) < 4.78 is 1.86. The van der Waals surface area contributed by atoms with E-state index in [1.54, 1.807) is 30.3 Å². The number of rotatable bonds is 9. The number of halogens is 1. The van der Waals surface area contributed by atoms with E-state index in [2.05, 4.69) is 34.3 Å². The van der Waals surface area contributed by atoms with E-state index in [-0.39, 0.29) is 30.2 Å². The minimum absolute atomic E-state index is 0.00879. The molecule has 9 heteroatoms. The number of allylic oxidation sites excluding steroid dienone is 1. The van der Waals surface area contributed by atoms with Gasteiger partial charge in [0.1, 0.15) is 0 Å². The number of nitrogens with one attached hydrogen (secondary N) is 2. The third kappa shape index (κ3) is 6.58. The lowest BCUT2D eigenvalue weighted by atomic mass is 9.86. The lowest BCUT2D eigenvalue weighted by Crippen LogP contribution is -2.41. The van der Waals surface area contributed by atoms with Crippen LogP contribution >= 0.6 is 23.4 Å². The van der Waals surface area contributed by atoms with Gasteiger partial charge in [-0.3, -0.25) is 9.59 Å². The fraction of sp³-hybridized carbons (Fsp3) is 0.455. The zero-order valence-electron chi connectivity index (χ0n) is 17.6. The Labute approximate surface area is 192 Å². The van der Waals surface area contributed by atoms with Crippen LogP contribution in [0.25, 0.3) is 0 Å². The molecule has 166 valence electrons. The standard InChI is InChI=1S/C22H28ClN5O2S/c1-3-12-28-19(13-24-21(30)16-8-10-17(23)11-9-16)26-27-22(28)31-14-20(29)25-18-7-5-4-6-15(18)2/h3,8-11,15,18H,1,4-7,12-14H2,2H3,(H,24,30)(H,25,29)/t15-,18+/m0/s1. The van der Waals surface area contributed by atoms with Gasteiger partial charge in [0.2, 0.25) is 5.91 Å². The third-order valence-corrected chi connectivity index (χ3v) is 6.63. The van der Waals surface area contributed by atoms with E-state index in [4.69, 9.17) is 11.6 Å². The van der Waals surface area contributed by atoms with Crippen molar-refractivity contribution in [3.63, 3.8) is 0 Å². The quantitative estimate of drug-likeness (QED) is 0.437. The topological polar surface area (TPSA) is 88.9 Å². The van der Waals surface area contributed by atoms with E-state index in [1.165, 1.54) is 24.6 Å². The van der Waals surface area contributed by atoms with Crippen molar-refractivity contribution in [3.8, 4) is 0 Å². The molecule has 31 heavy (non-hydrogen) atoms. The summed E-state index contributed by atoms with van der Waals surface area (Å²) in [6, 6.07) is 6.93. The highest BCUT2D eigenvalue weighted by Gasteiger charge is 2.23. The first-order valence-corrected chi connectivity index (χ1v) is 11.8. The molecule has 1 heterocycles. The number of amides is 2. The molecular formula is C22H28ClN5O2S. The number of aromatic nitrogens is 3. The second-order valence-corrected chi connectivity index (χ2v) is 9.09. The molecule has 0 bridgehead atoms. The molecule has 2 N–H and O–H groups in total. The highest BCUT2D eigenvalue weighted by molar-refractivity contribution is 7.99.